The lowest BCUT2D eigenvalue weighted by Gasteiger charge is -2.07. The highest BCUT2D eigenvalue weighted by Gasteiger charge is 2.04. The second kappa shape index (κ2) is 6.78. The summed E-state index contributed by atoms with van der Waals surface area (Å²) in [6, 6.07) is 7.94. The van der Waals surface area contributed by atoms with E-state index in [-0.39, 0.29) is 0 Å². The minimum absolute atomic E-state index is 0.514. The summed E-state index contributed by atoms with van der Waals surface area (Å²) in [5.74, 6) is 0.514. The van der Waals surface area contributed by atoms with E-state index >= 15 is 0 Å². The summed E-state index contributed by atoms with van der Waals surface area (Å²) in [5, 5.41) is 3.00. The molecule has 0 saturated carbocycles. The third kappa shape index (κ3) is 4.04. The molecule has 0 aliphatic heterocycles. The summed E-state index contributed by atoms with van der Waals surface area (Å²) in [6.45, 7) is 5.82. The maximum atomic E-state index is 11.8. The third-order valence-electron chi connectivity index (χ3n) is 2.37. The average Bonchev–Trinajstić information content (AvgIpc) is 2.29. The van der Waals surface area contributed by atoms with E-state index in [4.69, 9.17) is 0 Å². The van der Waals surface area contributed by atoms with Gasteiger partial charge in [0, 0.05) is 13.1 Å². The molecule has 0 aliphatic rings. The first-order valence-corrected chi connectivity index (χ1v) is 6.70. The standard InChI is InChI=1S/C12H20N2OS/c1-10(2)11-4-6-12(7-5-11)16(15)14-9-8-13-3/h4-7,10,13-14H,8-9H2,1-3H3. The lowest BCUT2D eigenvalue weighted by atomic mass is 10.0. The van der Waals surface area contributed by atoms with Crippen LogP contribution in [0.25, 0.3) is 0 Å². The molecule has 3 nitrogen and oxygen atoms in total. The second-order valence-corrected chi connectivity index (χ2v) is 5.29. The van der Waals surface area contributed by atoms with Crippen LogP contribution < -0.4 is 10.0 Å². The van der Waals surface area contributed by atoms with Crippen molar-refractivity contribution in [1.82, 2.24) is 10.0 Å². The maximum absolute atomic E-state index is 11.8. The van der Waals surface area contributed by atoms with Gasteiger partial charge in [-0.2, -0.15) is 0 Å². The Hall–Kier alpha value is -0.710. The van der Waals surface area contributed by atoms with Gasteiger partial charge in [-0.1, -0.05) is 26.0 Å². The number of benzene rings is 1. The van der Waals surface area contributed by atoms with Gasteiger partial charge < -0.3 is 5.32 Å². The van der Waals surface area contributed by atoms with Crippen LogP contribution in [-0.4, -0.2) is 24.3 Å². The Labute approximate surface area is 100 Å². The highest BCUT2D eigenvalue weighted by Crippen LogP contribution is 2.15. The first-order valence-electron chi connectivity index (χ1n) is 5.55. The first kappa shape index (κ1) is 13.4. The lowest BCUT2D eigenvalue weighted by Crippen LogP contribution is -2.26. The van der Waals surface area contributed by atoms with Gasteiger partial charge in [-0.05, 0) is 30.7 Å². The summed E-state index contributed by atoms with van der Waals surface area (Å²) >= 11 is 0. The molecule has 0 spiro atoms. The second-order valence-electron chi connectivity index (χ2n) is 3.99. The molecule has 0 saturated heterocycles. The topological polar surface area (TPSA) is 41.1 Å². The van der Waals surface area contributed by atoms with E-state index in [0.29, 0.717) is 12.5 Å². The molecule has 1 aromatic rings. The fourth-order valence-corrected chi connectivity index (χ4v) is 2.17. The Morgan fingerprint density at radius 2 is 1.81 bits per heavy atom. The minimum atomic E-state index is -1.10. The van der Waals surface area contributed by atoms with E-state index in [1.165, 1.54) is 5.56 Å². The van der Waals surface area contributed by atoms with E-state index in [0.717, 1.165) is 11.4 Å². The molecule has 1 aromatic carbocycles. The summed E-state index contributed by atoms with van der Waals surface area (Å²) < 4.78 is 14.7. The molecular formula is C12H20N2OS. The van der Waals surface area contributed by atoms with Crippen molar-refractivity contribution in [1.29, 1.82) is 0 Å². The molecule has 0 amide bonds. The quantitative estimate of drug-likeness (QED) is 0.742. The van der Waals surface area contributed by atoms with Gasteiger partial charge in [0.25, 0.3) is 0 Å². The van der Waals surface area contributed by atoms with E-state index in [1.807, 2.05) is 31.3 Å². The highest BCUT2D eigenvalue weighted by molar-refractivity contribution is 7.83. The first-order chi connectivity index (χ1) is 7.65. The largest absolute Gasteiger partial charge is 0.318 e. The number of nitrogens with one attached hydrogen (secondary N) is 2. The molecule has 0 heterocycles. The van der Waals surface area contributed by atoms with Gasteiger partial charge in [0.15, 0.2) is 0 Å². The highest BCUT2D eigenvalue weighted by atomic mass is 32.2. The number of likely N-dealkylation sites (N-methyl/N-ethyl adjacent to an activating group) is 1. The Balaban J connectivity index is 2.56. The van der Waals surface area contributed by atoms with Crippen LogP contribution in [0.5, 0.6) is 0 Å². The van der Waals surface area contributed by atoms with Crippen LogP contribution in [0.1, 0.15) is 25.3 Å². The Morgan fingerprint density at radius 1 is 1.19 bits per heavy atom. The van der Waals surface area contributed by atoms with Crippen LogP contribution in [0.15, 0.2) is 29.2 Å². The number of hydrogen-bond acceptors (Lipinski definition) is 2. The summed E-state index contributed by atoms with van der Waals surface area (Å²) in [4.78, 5) is 0.834. The normalized spacial score (nSPS) is 13.0. The van der Waals surface area contributed by atoms with Gasteiger partial charge in [0.2, 0.25) is 0 Å². The predicted octanol–water partition coefficient (Wildman–Crippen LogP) is 1.64. The van der Waals surface area contributed by atoms with E-state index in [9.17, 15) is 4.21 Å². The molecule has 1 unspecified atom stereocenters. The molecule has 0 radical (unpaired) electrons. The van der Waals surface area contributed by atoms with Crippen molar-refractivity contribution in [3.05, 3.63) is 29.8 Å². The molecule has 16 heavy (non-hydrogen) atoms. The van der Waals surface area contributed by atoms with Crippen molar-refractivity contribution < 1.29 is 4.21 Å². The Kier molecular flexibility index (Phi) is 5.66. The zero-order valence-corrected chi connectivity index (χ0v) is 10.9. The van der Waals surface area contributed by atoms with Gasteiger partial charge in [0.1, 0.15) is 11.0 Å². The molecule has 4 heteroatoms. The van der Waals surface area contributed by atoms with Crippen LogP contribution in [0.4, 0.5) is 0 Å². The zero-order chi connectivity index (χ0) is 12.0. The number of hydrogen-bond donors (Lipinski definition) is 2. The van der Waals surface area contributed by atoms with Crippen molar-refractivity contribution >= 4 is 11.0 Å². The van der Waals surface area contributed by atoms with Crippen molar-refractivity contribution in [2.45, 2.75) is 24.7 Å². The third-order valence-corrected chi connectivity index (χ3v) is 3.54. The molecule has 0 aliphatic carbocycles. The maximum Gasteiger partial charge on any atom is 0.124 e. The fraction of sp³-hybridized carbons (Fsp3) is 0.500. The van der Waals surface area contributed by atoms with Crippen molar-refractivity contribution in [3.63, 3.8) is 0 Å². The molecular weight excluding hydrogens is 220 g/mol. The summed E-state index contributed by atoms with van der Waals surface area (Å²) in [7, 11) is 0.781. The van der Waals surface area contributed by atoms with Crippen LogP contribution in [0.3, 0.4) is 0 Å². The van der Waals surface area contributed by atoms with E-state index < -0.39 is 11.0 Å². The van der Waals surface area contributed by atoms with Crippen LogP contribution in [0, 0.1) is 0 Å². The molecule has 2 N–H and O–H groups in total. The van der Waals surface area contributed by atoms with Gasteiger partial charge in [-0.3, -0.25) is 0 Å². The SMILES string of the molecule is CNCCNS(=O)c1ccc(C(C)C)cc1. The monoisotopic (exact) mass is 240 g/mol. The average molecular weight is 240 g/mol. The molecule has 0 aromatic heterocycles. The summed E-state index contributed by atoms with van der Waals surface area (Å²) in [5.41, 5.74) is 1.27. The lowest BCUT2D eigenvalue weighted by molar-refractivity contribution is 0.667. The van der Waals surface area contributed by atoms with Gasteiger partial charge >= 0.3 is 0 Å². The molecule has 90 valence electrons. The van der Waals surface area contributed by atoms with E-state index in [1.54, 1.807) is 0 Å². The molecule has 0 fully saturated rings. The zero-order valence-electron chi connectivity index (χ0n) is 10.1. The Morgan fingerprint density at radius 3 is 2.31 bits per heavy atom. The van der Waals surface area contributed by atoms with Gasteiger partial charge in [-0.15, -0.1) is 0 Å². The van der Waals surface area contributed by atoms with Crippen LogP contribution >= 0.6 is 0 Å². The van der Waals surface area contributed by atoms with E-state index in [2.05, 4.69) is 23.9 Å². The minimum Gasteiger partial charge on any atom is -0.318 e. The van der Waals surface area contributed by atoms with Crippen LogP contribution in [-0.2, 0) is 11.0 Å². The smallest absolute Gasteiger partial charge is 0.124 e. The fourth-order valence-electron chi connectivity index (χ4n) is 1.33. The number of rotatable bonds is 6. The van der Waals surface area contributed by atoms with Crippen LogP contribution in [0.2, 0.25) is 0 Å². The molecule has 1 rings (SSSR count). The molecule has 0 bridgehead atoms. The predicted molar refractivity (Wildman–Crippen MR) is 68.9 cm³/mol. The van der Waals surface area contributed by atoms with Gasteiger partial charge in [0.05, 0.1) is 4.90 Å². The van der Waals surface area contributed by atoms with Gasteiger partial charge in [-0.25, -0.2) is 8.93 Å². The van der Waals surface area contributed by atoms with Crippen molar-refractivity contribution in [2.24, 2.45) is 0 Å². The summed E-state index contributed by atoms with van der Waals surface area (Å²) in [6.07, 6.45) is 0. The van der Waals surface area contributed by atoms with Crippen molar-refractivity contribution in [3.8, 4) is 0 Å². The molecule has 1 atom stereocenters. The van der Waals surface area contributed by atoms with Crippen molar-refractivity contribution in [2.75, 3.05) is 20.1 Å². The Bertz CT molecular complexity index is 335.